The minimum atomic E-state index is 0.329. The Morgan fingerprint density at radius 3 is 2.71 bits per heavy atom. The monoisotopic (exact) mass is 285 g/mol. The van der Waals surface area contributed by atoms with Gasteiger partial charge < -0.3 is 10.6 Å². The molecule has 1 aromatic carbocycles. The van der Waals surface area contributed by atoms with Crippen molar-refractivity contribution < 1.29 is 0 Å². The zero-order valence-electron chi connectivity index (χ0n) is 12.8. The van der Waals surface area contributed by atoms with Gasteiger partial charge in [0.25, 0.3) is 0 Å². The van der Waals surface area contributed by atoms with Crippen LogP contribution in [0.4, 0.5) is 5.95 Å². The van der Waals surface area contributed by atoms with Crippen LogP contribution in [0.2, 0.25) is 0 Å². The fourth-order valence-electron chi connectivity index (χ4n) is 2.71. The summed E-state index contributed by atoms with van der Waals surface area (Å²) >= 11 is 0. The number of hydrogen-bond donors (Lipinski definition) is 2. The van der Waals surface area contributed by atoms with Gasteiger partial charge in [0.2, 0.25) is 5.95 Å². The third-order valence-electron chi connectivity index (χ3n) is 4.29. The Morgan fingerprint density at radius 1 is 1.24 bits per heavy atom. The molecule has 2 heterocycles. The second-order valence-corrected chi connectivity index (χ2v) is 6.00. The lowest BCUT2D eigenvalue weighted by molar-refractivity contribution is 0.496. The van der Waals surface area contributed by atoms with Crippen molar-refractivity contribution in [3.63, 3.8) is 0 Å². The first-order chi connectivity index (χ1) is 10.1. The van der Waals surface area contributed by atoms with Crippen LogP contribution in [0.25, 0.3) is 0 Å². The van der Waals surface area contributed by atoms with Gasteiger partial charge in [-0.15, -0.1) is 5.10 Å². The normalized spacial score (nSPS) is 16.4. The molecule has 1 aromatic heterocycles. The highest BCUT2D eigenvalue weighted by Crippen LogP contribution is 2.17. The number of aryl methyl sites for hydroxylation is 2. The summed E-state index contributed by atoms with van der Waals surface area (Å²) in [6.07, 6.45) is 2.82. The second kappa shape index (κ2) is 5.85. The van der Waals surface area contributed by atoms with Gasteiger partial charge in [-0.3, -0.25) is 5.10 Å². The van der Waals surface area contributed by atoms with Gasteiger partial charge in [-0.05, 0) is 43.4 Å². The molecule has 0 aliphatic carbocycles. The molecule has 3 rings (SSSR count). The molecule has 0 unspecified atom stereocenters. The van der Waals surface area contributed by atoms with E-state index >= 15 is 0 Å². The first-order valence-electron chi connectivity index (χ1n) is 7.60. The lowest BCUT2D eigenvalue weighted by Crippen LogP contribution is -2.40. The zero-order valence-corrected chi connectivity index (χ0v) is 12.8. The van der Waals surface area contributed by atoms with Crippen LogP contribution in [-0.4, -0.2) is 34.3 Å². The maximum absolute atomic E-state index is 5.93. The molecule has 0 atom stereocenters. The Bertz CT molecular complexity index is 611. The number of aromatic amines is 1. The number of nitrogens with two attached hydrogens (primary N) is 1. The van der Waals surface area contributed by atoms with Gasteiger partial charge >= 0.3 is 0 Å². The van der Waals surface area contributed by atoms with Gasteiger partial charge in [0, 0.05) is 25.6 Å². The molecule has 0 saturated carbocycles. The second-order valence-electron chi connectivity index (χ2n) is 6.00. The van der Waals surface area contributed by atoms with Crippen LogP contribution < -0.4 is 10.6 Å². The molecule has 1 fully saturated rings. The topological polar surface area (TPSA) is 70.8 Å². The molecule has 0 spiro atoms. The number of nitrogens with one attached hydrogen (secondary N) is 1. The van der Waals surface area contributed by atoms with E-state index in [0.29, 0.717) is 6.04 Å². The van der Waals surface area contributed by atoms with Gasteiger partial charge in [-0.25, -0.2) is 0 Å². The van der Waals surface area contributed by atoms with Crippen molar-refractivity contribution in [2.75, 3.05) is 18.0 Å². The van der Waals surface area contributed by atoms with E-state index in [9.17, 15) is 0 Å². The summed E-state index contributed by atoms with van der Waals surface area (Å²) < 4.78 is 0. The minimum absolute atomic E-state index is 0.329. The van der Waals surface area contributed by atoms with Crippen LogP contribution >= 0.6 is 0 Å². The number of H-pyrrole nitrogens is 1. The van der Waals surface area contributed by atoms with Crippen LogP contribution in [0, 0.1) is 13.8 Å². The third-order valence-corrected chi connectivity index (χ3v) is 4.29. The van der Waals surface area contributed by atoms with Crippen LogP contribution in [-0.2, 0) is 6.42 Å². The van der Waals surface area contributed by atoms with Crippen molar-refractivity contribution in [3.8, 4) is 0 Å². The van der Waals surface area contributed by atoms with Crippen LogP contribution in [0.15, 0.2) is 18.2 Å². The number of benzene rings is 1. The molecule has 3 N–H and O–H groups in total. The Balaban J connectivity index is 1.68. The number of hydrogen-bond acceptors (Lipinski definition) is 4. The lowest BCUT2D eigenvalue weighted by atomic mass is 10.0. The molecule has 112 valence electrons. The molecule has 1 aliphatic rings. The van der Waals surface area contributed by atoms with E-state index in [2.05, 4.69) is 52.1 Å². The van der Waals surface area contributed by atoms with Crippen molar-refractivity contribution in [2.24, 2.45) is 5.73 Å². The largest absolute Gasteiger partial charge is 0.339 e. The van der Waals surface area contributed by atoms with Crippen LogP contribution in [0.3, 0.4) is 0 Å². The number of rotatable bonds is 3. The highest BCUT2D eigenvalue weighted by molar-refractivity contribution is 5.33. The van der Waals surface area contributed by atoms with Gasteiger partial charge in [0.15, 0.2) is 0 Å². The van der Waals surface area contributed by atoms with Crippen LogP contribution in [0.5, 0.6) is 0 Å². The van der Waals surface area contributed by atoms with Gasteiger partial charge in [0.05, 0.1) is 0 Å². The van der Waals surface area contributed by atoms with E-state index in [0.717, 1.165) is 44.1 Å². The molecular formula is C16H23N5. The summed E-state index contributed by atoms with van der Waals surface area (Å²) in [6, 6.07) is 6.87. The number of piperidine rings is 1. The van der Waals surface area contributed by atoms with E-state index in [-0.39, 0.29) is 0 Å². The maximum atomic E-state index is 5.93. The number of nitrogens with zero attached hydrogens (tertiary/aromatic N) is 3. The molecule has 0 amide bonds. The minimum Gasteiger partial charge on any atom is -0.339 e. The highest BCUT2D eigenvalue weighted by Gasteiger charge is 2.19. The summed E-state index contributed by atoms with van der Waals surface area (Å²) in [7, 11) is 0. The van der Waals surface area contributed by atoms with Gasteiger partial charge in [-0.2, -0.15) is 4.98 Å². The molecule has 1 saturated heterocycles. The summed E-state index contributed by atoms with van der Waals surface area (Å²) in [5, 5.41) is 7.41. The van der Waals surface area contributed by atoms with E-state index in [1.54, 1.807) is 0 Å². The zero-order chi connectivity index (χ0) is 14.8. The Morgan fingerprint density at radius 2 is 2.00 bits per heavy atom. The van der Waals surface area contributed by atoms with Crippen molar-refractivity contribution >= 4 is 5.95 Å². The first kappa shape index (κ1) is 14.1. The van der Waals surface area contributed by atoms with Crippen LogP contribution in [0.1, 0.15) is 35.4 Å². The molecule has 1 aliphatic heterocycles. The van der Waals surface area contributed by atoms with Crippen molar-refractivity contribution in [2.45, 2.75) is 39.2 Å². The fraction of sp³-hybridized carbons (Fsp3) is 0.500. The standard InChI is InChI=1S/C16H23N5/c1-11-3-4-13(9-12(11)2)10-15-18-16(20-19-15)21-7-5-14(17)6-8-21/h3-4,9,14H,5-8,10,17H2,1-2H3,(H,18,19,20). The quantitative estimate of drug-likeness (QED) is 0.904. The molecule has 5 heteroatoms. The first-order valence-corrected chi connectivity index (χ1v) is 7.60. The Hall–Kier alpha value is -1.88. The fourth-order valence-corrected chi connectivity index (χ4v) is 2.71. The summed E-state index contributed by atoms with van der Waals surface area (Å²) in [5.74, 6) is 1.73. The SMILES string of the molecule is Cc1ccc(Cc2nc(N3CCC(N)CC3)n[nH]2)cc1C. The molecule has 21 heavy (non-hydrogen) atoms. The van der Waals surface area contributed by atoms with E-state index < -0.39 is 0 Å². The summed E-state index contributed by atoms with van der Waals surface area (Å²) in [5.41, 5.74) is 9.84. The maximum Gasteiger partial charge on any atom is 0.244 e. The Labute approximate surface area is 125 Å². The van der Waals surface area contributed by atoms with Crippen molar-refractivity contribution in [1.82, 2.24) is 15.2 Å². The molecule has 0 radical (unpaired) electrons. The summed E-state index contributed by atoms with van der Waals surface area (Å²) in [4.78, 5) is 6.84. The van der Waals surface area contributed by atoms with E-state index in [1.807, 2.05) is 0 Å². The summed E-state index contributed by atoms with van der Waals surface area (Å²) in [6.45, 7) is 6.17. The molecule has 5 nitrogen and oxygen atoms in total. The number of anilines is 1. The Kier molecular flexibility index (Phi) is 3.92. The predicted molar refractivity (Wildman–Crippen MR) is 84.5 cm³/mol. The third kappa shape index (κ3) is 3.24. The molecular weight excluding hydrogens is 262 g/mol. The van der Waals surface area contributed by atoms with Gasteiger partial charge in [-0.1, -0.05) is 18.2 Å². The van der Waals surface area contributed by atoms with E-state index in [4.69, 9.17) is 5.73 Å². The predicted octanol–water partition coefficient (Wildman–Crippen LogP) is 1.94. The molecule has 2 aromatic rings. The smallest absolute Gasteiger partial charge is 0.244 e. The van der Waals surface area contributed by atoms with Gasteiger partial charge in [0.1, 0.15) is 5.82 Å². The van der Waals surface area contributed by atoms with Crippen molar-refractivity contribution in [3.05, 3.63) is 40.7 Å². The average molecular weight is 285 g/mol. The number of aromatic nitrogens is 3. The van der Waals surface area contributed by atoms with E-state index in [1.165, 1.54) is 16.7 Å². The average Bonchev–Trinajstić information content (AvgIpc) is 2.92. The lowest BCUT2D eigenvalue weighted by Gasteiger charge is -2.28. The highest BCUT2D eigenvalue weighted by atomic mass is 15.4. The van der Waals surface area contributed by atoms with Crippen molar-refractivity contribution in [1.29, 1.82) is 0 Å². The molecule has 0 bridgehead atoms.